The SMILES string of the molecule is CCN1c2cc(C(=O)NCc3ccc(Cl)cc3)ccc2C(=O)N2CCCCC21. The average molecular weight is 398 g/mol. The number of halogens is 1. The van der Waals surface area contributed by atoms with E-state index in [1.54, 1.807) is 12.1 Å². The van der Waals surface area contributed by atoms with Crippen LogP contribution in [-0.4, -0.2) is 36.0 Å². The molecule has 2 amide bonds. The number of fused-ring (bicyclic) bond motifs is 2. The Morgan fingerprint density at radius 1 is 1.18 bits per heavy atom. The summed E-state index contributed by atoms with van der Waals surface area (Å²) >= 11 is 5.90. The lowest BCUT2D eigenvalue weighted by atomic mass is 9.97. The maximum Gasteiger partial charge on any atom is 0.257 e. The molecule has 1 atom stereocenters. The summed E-state index contributed by atoms with van der Waals surface area (Å²) in [5.41, 5.74) is 3.12. The maximum absolute atomic E-state index is 12.9. The summed E-state index contributed by atoms with van der Waals surface area (Å²) < 4.78 is 0. The highest BCUT2D eigenvalue weighted by atomic mass is 35.5. The van der Waals surface area contributed by atoms with Crippen molar-refractivity contribution in [1.82, 2.24) is 10.2 Å². The van der Waals surface area contributed by atoms with Crippen molar-refractivity contribution in [1.29, 1.82) is 0 Å². The standard InChI is InChI=1S/C22H24ClN3O2/c1-2-25-19-13-16(21(27)24-14-15-6-9-17(23)10-7-15)8-11-18(19)22(28)26-12-4-3-5-20(25)26/h6-11,13,20H,2-5,12,14H2,1H3,(H,24,27). The van der Waals surface area contributed by atoms with Crippen LogP contribution >= 0.6 is 11.6 Å². The molecule has 2 aliphatic heterocycles. The third-order valence-corrected chi connectivity index (χ3v) is 5.85. The Morgan fingerprint density at radius 3 is 2.71 bits per heavy atom. The van der Waals surface area contributed by atoms with Crippen molar-refractivity contribution in [3.8, 4) is 0 Å². The molecule has 0 radical (unpaired) electrons. The predicted molar refractivity (Wildman–Crippen MR) is 111 cm³/mol. The number of hydrogen-bond donors (Lipinski definition) is 1. The van der Waals surface area contributed by atoms with Crippen LogP contribution in [0.5, 0.6) is 0 Å². The lowest BCUT2D eigenvalue weighted by Gasteiger charge is -2.47. The minimum Gasteiger partial charge on any atom is -0.351 e. The second kappa shape index (κ2) is 7.84. The van der Waals surface area contributed by atoms with Gasteiger partial charge in [-0.25, -0.2) is 0 Å². The molecule has 1 saturated heterocycles. The zero-order valence-corrected chi connectivity index (χ0v) is 16.7. The van der Waals surface area contributed by atoms with Gasteiger partial charge in [-0.3, -0.25) is 9.59 Å². The Kier molecular flexibility index (Phi) is 5.27. The fourth-order valence-corrected chi connectivity index (χ4v) is 4.28. The Hall–Kier alpha value is -2.53. The number of benzene rings is 2. The van der Waals surface area contributed by atoms with E-state index < -0.39 is 0 Å². The van der Waals surface area contributed by atoms with Crippen LogP contribution in [0, 0.1) is 0 Å². The van der Waals surface area contributed by atoms with Crippen molar-refractivity contribution in [2.75, 3.05) is 18.0 Å². The zero-order chi connectivity index (χ0) is 19.7. The largest absolute Gasteiger partial charge is 0.351 e. The molecule has 0 spiro atoms. The van der Waals surface area contributed by atoms with Gasteiger partial charge in [-0.1, -0.05) is 23.7 Å². The number of anilines is 1. The van der Waals surface area contributed by atoms with E-state index in [1.165, 1.54) is 0 Å². The molecule has 2 aromatic rings. The molecule has 146 valence electrons. The van der Waals surface area contributed by atoms with Gasteiger partial charge in [0.05, 0.1) is 11.3 Å². The Bertz CT molecular complexity index is 897. The second-order valence-electron chi connectivity index (χ2n) is 7.30. The lowest BCUT2D eigenvalue weighted by molar-refractivity contribution is 0.0582. The number of hydrogen-bond acceptors (Lipinski definition) is 3. The minimum absolute atomic E-state index is 0.0810. The first-order chi connectivity index (χ1) is 13.6. The summed E-state index contributed by atoms with van der Waals surface area (Å²) in [5.74, 6) is -0.0650. The molecule has 4 rings (SSSR count). The summed E-state index contributed by atoms with van der Waals surface area (Å²) in [6.07, 6.45) is 3.26. The lowest BCUT2D eigenvalue weighted by Crippen LogP contribution is -2.57. The molecule has 1 unspecified atom stereocenters. The van der Waals surface area contributed by atoms with Gasteiger partial charge in [-0.2, -0.15) is 0 Å². The van der Waals surface area contributed by atoms with E-state index in [9.17, 15) is 9.59 Å². The van der Waals surface area contributed by atoms with Crippen molar-refractivity contribution in [3.05, 3.63) is 64.2 Å². The van der Waals surface area contributed by atoms with Crippen LogP contribution in [0.3, 0.4) is 0 Å². The van der Waals surface area contributed by atoms with E-state index in [2.05, 4.69) is 17.1 Å². The molecule has 0 saturated carbocycles. The van der Waals surface area contributed by atoms with Crippen LogP contribution in [0.15, 0.2) is 42.5 Å². The molecule has 0 aliphatic carbocycles. The van der Waals surface area contributed by atoms with Crippen molar-refractivity contribution in [3.63, 3.8) is 0 Å². The van der Waals surface area contributed by atoms with Crippen LogP contribution in [0.4, 0.5) is 5.69 Å². The third kappa shape index (κ3) is 3.47. The molecule has 0 bridgehead atoms. The predicted octanol–water partition coefficient (Wildman–Crippen LogP) is 4.06. The van der Waals surface area contributed by atoms with Gasteiger partial charge in [-0.05, 0) is 62.1 Å². The summed E-state index contributed by atoms with van der Waals surface area (Å²) in [4.78, 5) is 29.8. The molecule has 2 aromatic carbocycles. The van der Waals surface area contributed by atoms with Gasteiger partial charge in [0.1, 0.15) is 6.17 Å². The molecule has 2 aliphatic rings. The molecule has 1 N–H and O–H groups in total. The number of carbonyl (C=O) groups is 2. The molecule has 2 heterocycles. The van der Waals surface area contributed by atoms with Crippen molar-refractivity contribution in [2.24, 2.45) is 0 Å². The number of nitrogens with zero attached hydrogens (tertiary/aromatic N) is 2. The highest BCUT2D eigenvalue weighted by Crippen LogP contribution is 2.35. The topological polar surface area (TPSA) is 52.7 Å². The van der Waals surface area contributed by atoms with Crippen LogP contribution in [0.2, 0.25) is 5.02 Å². The van der Waals surface area contributed by atoms with Gasteiger partial charge in [0.2, 0.25) is 0 Å². The van der Waals surface area contributed by atoms with Gasteiger partial charge < -0.3 is 15.1 Å². The molecule has 1 fully saturated rings. The van der Waals surface area contributed by atoms with E-state index in [4.69, 9.17) is 11.6 Å². The number of piperidine rings is 1. The van der Waals surface area contributed by atoms with Crippen LogP contribution in [0.1, 0.15) is 52.5 Å². The first-order valence-corrected chi connectivity index (χ1v) is 10.2. The second-order valence-corrected chi connectivity index (χ2v) is 7.74. The van der Waals surface area contributed by atoms with Gasteiger partial charge in [-0.15, -0.1) is 0 Å². The quantitative estimate of drug-likeness (QED) is 0.846. The fourth-order valence-electron chi connectivity index (χ4n) is 4.15. The first-order valence-electron chi connectivity index (χ1n) is 9.83. The third-order valence-electron chi connectivity index (χ3n) is 5.60. The zero-order valence-electron chi connectivity index (χ0n) is 16.0. The van der Waals surface area contributed by atoms with Crippen molar-refractivity contribution in [2.45, 2.75) is 38.9 Å². The summed E-state index contributed by atoms with van der Waals surface area (Å²) in [5, 5.41) is 3.62. The molecular formula is C22H24ClN3O2. The smallest absolute Gasteiger partial charge is 0.257 e. The first kappa shape index (κ1) is 18.8. The minimum atomic E-state index is -0.146. The van der Waals surface area contributed by atoms with Crippen LogP contribution < -0.4 is 10.2 Å². The van der Waals surface area contributed by atoms with E-state index >= 15 is 0 Å². The molecule has 6 heteroatoms. The number of rotatable bonds is 4. The van der Waals surface area contributed by atoms with E-state index in [-0.39, 0.29) is 18.0 Å². The molecule has 5 nitrogen and oxygen atoms in total. The number of amides is 2. The van der Waals surface area contributed by atoms with E-state index in [0.29, 0.717) is 22.7 Å². The summed E-state index contributed by atoms with van der Waals surface area (Å²) in [6.45, 7) is 4.14. The normalized spacial score (nSPS) is 18.5. The Morgan fingerprint density at radius 2 is 1.96 bits per heavy atom. The molecular weight excluding hydrogens is 374 g/mol. The van der Waals surface area contributed by atoms with Crippen LogP contribution in [0.25, 0.3) is 0 Å². The van der Waals surface area contributed by atoms with E-state index in [1.807, 2.05) is 35.2 Å². The summed E-state index contributed by atoms with van der Waals surface area (Å²) in [7, 11) is 0. The van der Waals surface area contributed by atoms with Gasteiger partial charge in [0, 0.05) is 30.2 Å². The van der Waals surface area contributed by atoms with Gasteiger partial charge >= 0.3 is 0 Å². The highest BCUT2D eigenvalue weighted by Gasteiger charge is 2.38. The van der Waals surface area contributed by atoms with Crippen molar-refractivity contribution >= 4 is 29.1 Å². The average Bonchev–Trinajstić information content (AvgIpc) is 2.73. The molecule has 28 heavy (non-hydrogen) atoms. The van der Waals surface area contributed by atoms with Crippen molar-refractivity contribution < 1.29 is 9.59 Å². The Balaban J connectivity index is 1.56. The van der Waals surface area contributed by atoms with E-state index in [0.717, 1.165) is 43.6 Å². The maximum atomic E-state index is 12.9. The van der Waals surface area contributed by atoms with Gasteiger partial charge in [0.15, 0.2) is 0 Å². The summed E-state index contributed by atoms with van der Waals surface area (Å²) in [6, 6.07) is 12.8. The van der Waals surface area contributed by atoms with Crippen LogP contribution in [-0.2, 0) is 6.54 Å². The monoisotopic (exact) mass is 397 g/mol. The Labute approximate surface area is 170 Å². The number of nitrogens with one attached hydrogen (secondary N) is 1. The number of carbonyl (C=O) groups excluding carboxylic acids is 2. The van der Waals surface area contributed by atoms with Gasteiger partial charge in [0.25, 0.3) is 11.8 Å². The fraction of sp³-hybridized carbons (Fsp3) is 0.364. The highest BCUT2D eigenvalue weighted by molar-refractivity contribution is 6.30. The molecule has 0 aromatic heterocycles.